The summed E-state index contributed by atoms with van der Waals surface area (Å²) in [6.45, 7) is 4.53. The lowest BCUT2D eigenvalue weighted by Gasteiger charge is -2.24. The summed E-state index contributed by atoms with van der Waals surface area (Å²) in [4.78, 5) is 22.7. The van der Waals surface area contributed by atoms with Crippen LogP contribution in [0.4, 0.5) is 11.4 Å². The van der Waals surface area contributed by atoms with E-state index in [-0.39, 0.29) is 42.4 Å². The second kappa shape index (κ2) is 11.5. The maximum atomic E-state index is 12.3. The summed E-state index contributed by atoms with van der Waals surface area (Å²) in [7, 11) is -2.42. The van der Waals surface area contributed by atoms with Crippen LogP contribution in [-0.4, -0.2) is 52.3 Å². The number of non-ortho nitro benzene ring substituents is 1. The third-order valence-corrected chi connectivity index (χ3v) is 6.22. The first kappa shape index (κ1) is 25.9. The van der Waals surface area contributed by atoms with Crippen LogP contribution in [0.15, 0.2) is 36.4 Å². The summed E-state index contributed by atoms with van der Waals surface area (Å²) in [5, 5.41) is 13.9. The van der Waals surface area contributed by atoms with Gasteiger partial charge in [0.15, 0.2) is 0 Å². The van der Waals surface area contributed by atoms with Gasteiger partial charge >= 0.3 is 0 Å². The predicted octanol–water partition coefficient (Wildman–Crippen LogP) is 2.96. The maximum absolute atomic E-state index is 12.3. The first-order valence-electron chi connectivity index (χ1n) is 10.3. The fourth-order valence-corrected chi connectivity index (χ4v) is 4.12. The predicted molar refractivity (Wildman–Crippen MR) is 125 cm³/mol. The number of amides is 1. The Labute approximate surface area is 193 Å². The minimum Gasteiger partial charge on any atom is -0.495 e. The fraction of sp³-hybridized carbons (Fsp3) is 0.409. The van der Waals surface area contributed by atoms with Crippen LogP contribution >= 0.6 is 0 Å². The van der Waals surface area contributed by atoms with Crippen molar-refractivity contribution in [2.24, 2.45) is 0 Å². The molecule has 0 saturated carbocycles. The molecule has 2 rings (SSSR count). The summed E-state index contributed by atoms with van der Waals surface area (Å²) < 4.78 is 36.6. The third kappa shape index (κ3) is 7.35. The Morgan fingerprint density at radius 2 is 1.91 bits per heavy atom. The molecule has 0 fully saturated rings. The van der Waals surface area contributed by atoms with Crippen molar-refractivity contribution in [2.45, 2.75) is 26.7 Å². The normalized spacial score (nSPS) is 11.0. The van der Waals surface area contributed by atoms with E-state index >= 15 is 0 Å². The molecule has 0 saturated heterocycles. The number of carbonyl (C=O) groups is 1. The van der Waals surface area contributed by atoms with Crippen LogP contribution in [-0.2, 0) is 14.8 Å². The number of nitro groups is 1. The molecule has 0 aromatic heterocycles. The monoisotopic (exact) mass is 479 g/mol. The zero-order valence-electron chi connectivity index (χ0n) is 19.2. The highest BCUT2D eigenvalue weighted by Gasteiger charge is 2.24. The lowest BCUT2D eigenvalue weighted by atomic mass is 10.1. The molecule has 1 N–H and O–H groups in total. The second-order valence-corrected chi connectivity index (χ2v) is 9.36. The van der Waals surface area contributed by atoms with Crippen LogP contribution in [0.1, 0.15) is 24.0 Å². The van der Waals surface area contributed by atoms with Crippen molar-refractivity contribution < 1.29 is 27.6 Å². The number of ether oxygens (including phenoxy) is 2. The number of methoxy groups -OCH3 is 1. The van der Waals surface area contributed by atoms with Gasteiger partial charge in [0.25, 0.3) is 5.69 Å². The molecule has 2 aromatic carbocycles. The molecule has 0 atom stereocenters. The molecule has 0 bridgehead atoms. The minimum atomic E-state index is -3.77. The van der Waals surface area contributed by atoms with E-state index in [1.807, 2.05) is 32.0 Å². The Morgan fingerprint density at radius 3 is 2.55 bits per heavy atom. The quantitative estimate of drug-likeness (QED) is 0.282. The molecule has 0 aliphatic rings. The molecule has 0 heterocycles. The zero-order valence-corrected chi connectivity index (χ0v) is 20.0. The third-order valence-electron chi connectivity index (χ3n) is 5.04. The van der Waals surface area contributed by atoms with Gasteiger partial charge in [-0.3, -0.25) is 19.2 Å². The summed E-state index contributed by atoms with van der Waals surface area (Å²) in [6, 6.07) is 9.48. The molecule has 0 aliphatic heterocycles. The van der Waals surface area contributed by atoms with Crippen LogP contribution in [0.25, 0.3) is 0 Å². The number of anilines is 1. The smallest absolute Gasteiger partial charge is 0.271 e. The van der Waals surface area contributed by atoms with Gasteiger partial charge in [-0.25, -0.2) is 8.42 Å². The van der Waals surface area contributed by atoms with Gasteiger partial charge in [0.1, 0.15) is 23.8 Å². The Bertz CT molecular complexity index is 1100. The SMILES string of the molecule is COc1ccc([N+](=O)[O-])cc1N(CCCC(=O)NCCOc1cccc(C)c1C)S(C)(=O)=O. The molecule has 33 heavy (non-hydrogen) atoms. The number of rotatable bonds is 12. The van der Waals surface area contributed by atoms with E-state index in [0.29, 0.717) is 13.2 Å². The molecule has 0 unspecified atom stereocenters. The topological polar surface area (TPSA) is 128 Å². The van der Waals surface area contributed by atoms with E-state index in [1.54, 1.807) is 0 Å². The number of benzene rings is 2. The largest absolute Gasteiger partial charge is 0.495 e. The van der Waals surface area contributed by atoms with Crippen molar-refractivity contribution in [2.75, 3.05) is 37.4 Å². The van der Waals surface area contributed by atoms with Gasteiger partial charge in [-0.05, 0) is 43.5 Å². The van der Waals surface area contributed by atoms with E-state index in [0.717, 1.165) is 33.5 Å². The Kier molecular flexibility index (Phi) is 9.03. The summed E-state index contributed by atoms with van der Waals surface area (Å²) in [5.74, 6) is 0.692. The molecule has 0 aliphatic carbocycles. The maximum Gasteiger partial charge on any atom is 0.271 e. The van der Waals surface area contributed by atoms with Crippen molar-refractivity contribution in [3.63, 3.8) is 0 Å². The van der Waals surface area contributed by atoms with Crippen LogP contribution < -0.4 is 19.1 Å². The van der Waals surface area contributed by atoms with Gasteiger partial charge in [-0.2, -0.15) is 0 Å². The average molecular weight is 480 g/mol. The molecule has 0 spiro atoms. The Hall–Kier alpha value is -3.34. The second-order valence-electron chi connectivity index (χ2n) is 7.45. The zero-order chi connectivity index (χ0) is 24.6. The van der Waals surface area contributed by atoms with E-state index in [1.165, 1.54) is 19.2 Å². The molecule has 180 valence electrons. The molecule has 2 aromatic rings. The highest BCUT2D eigenvalue weighted by atomic mass is 32.2. The molecule has 1 amide bonds. The van der Waals surface area contributed by atoms with Crippen molar-refractivity contribution >= 4 is 27.3 Å². The van der Waals surface area contributed by atoms with E-state index < -0.39 is 14.9 Å². The van der Waals surface area contributed by atoms with Gasteiger partial charge < -0.3 is 14.8 Å². The summed E-state index contributed by atoms with van der Waals surface area (Å²) >= 11 is 0. The fourth-order valence-electron chi connectivity index (χ4n) is 3.16. The van der Waals surface area contributed by atoms with Crippen molar-refractivity contribution in [3.05, 3.63) is 57.6 Å². The number of carbonyl (C=O) groups excluding carboxylic acids is 1. The van der Waals surface area contributed by atoms with E-state index in [2.05, 4.69) is 5.32 Å². The standard InChI is InChI=1S/C22H29N3O7S/c1-16-7-5-8-20(17(16)2)32-14-12-23-22(26)9-6-13-24(33(4,29)30)19-15-18(25(27)28)10-11-21(19)31-3/h5,7-8,10-11,15H,6,9,12-14H2,1-4H3,(H,23,26). The van der Waals surface area contributed by atoms with Gasteiger partial charge in [0, 0.05) is 25.1 Å². The number of nitrogens with one attached hydrogen (secondary N) is 1. The van der Waals surface area contributed by atoms with Crippen LogP contribution in [0.5, 0.6) is 11.5 Å². The highest BCUT2D eigenvalue weighted by Crippen LogP contribution is 2.33. The van der Waals surface area contributed by atoms with Crippen LogP contribution in [0.2, 0.25) is 0 Å². The minimum absolute atomic E-state index is 0.0389. The van der Waals surface area contributed by atoms with Crippen molar-refractivity contribution in [1.82, 2.24) is 5.32 Å². The van der Waals surface area contributed by atoms with Gasteiger partial charge in [0.05, 0.1) is 24.8 Å². The molecule has 11 heteroatoms. The Balaban J connectivity index is 1.92. The molecule has 10 nitrogen and oxygen atoms in total. The molecular formula is C22H29N3O7S. The van der Waals surface area contributed by atoms with Crippen LogP contribution in [0, 0.1) is 24.0 Å². The van der Waals surface area contributed by atoms with Crippen LogP contribution in [0.3, 0.4) is 0 Å². The molecular weight excluding hydrogens is 450 g/mol. The first-order chi connectivity index (χ1) is 15.5. The van der Waals surface area contributed by atoms with Gasteiger partial charge in [0.2, 0.25) is 15.9 Å². The van der Waals surface area contributed by atoms with Crippen molar-refractivity contribution in [3.8, 4) is 11.5 Å². The van der Waals surface area contributed by atoms with E-state index in [9.17, 15) is 23.3 Å². The average Bonchev–Trinajstić information content (AvgIpc) is 2.75. The number of hydrogen-bond acceptors (Lipinski definition) is 7. The van der Waals surface area contributed by atoms with Gasteiger partial charge in [-0.15, -0.1) is 0 Å². The van der Waals surface area contributed by atoms with E-state index in [4.69, 9.17) is 9.47 Å². The lowest BCUT2D eigenvalue weighted by Crippen LogP contribution is -2.33. The number of nitrogens with zero attached hydrogens (tertiary/aromatic N) is 2. The van der Waals surface area contributed by atoms with Crippen molar-refractivity contribution in [1.29, 1.82) is 0 Å². The summed E-state index contributed by atoms with van der Waals surface area (Å²) in [5.41, 5.74) is 1.95. The van der Waals surface area contributed by atoms with Gasteiger partial charge in [-0.1, -0.05) is 12.1 Å². The number of aryl methyl sites for hydroxylation is 1. The summed E-state index contributed by atoms with van der Waals surface area (Å²) in [6.07, 6.45) is 1.28. The molecule has 0 radical (unpaired) electrons. The Morgan fingerprint density at radius 1 is 1.18 bits per heavy atom. The lowest BCUT2D eigenvalue weighted by molar-refractivity contribution is -0.384. The number of sulfonamides is 1. The first-order valence-corrected chi connectivity index (χ1v) is 12.1. The highest BCUT2D eigenvalue weighted by molar-refractivity contribution is 7.92. The number of hydrogen-bond donors (Lipinski definition) is 1. The number of nitro benzene ring substituents is 1.